The van der Waals surface area contributed by atoms with Crippen molar-refractivity contribution in [2.75, 3.05) is 12.4 Å². The van der Waals surface area contributed by atoms with E-state index in [1.807, 2.05) is 26.0 Å². The third kappa shape index (κ3) is 3.02. The third-order valence-electron chi connectivity index (χ3n) is 2.96. The molecule has 1 unspecified atom stereocenters. The minimum absolute atomic E-state index is 0.208. The molecule has 0 bridgehead atoms. The summed E-state index contributed by atoms with van der Waals surface area (Å²) in [6, 6.07) is 8.45. The highest BCUT2D eigenvalue weighted by Gasteiger charge is 2.16. The first kappa shape index (κ1) is 13.3. The molecule has 0 spiro atoms. The van der Waals surface area contributed by atoms with Crippen molar-refractivity contribution in [1.29, 1.82) is 0 Å². The number of nitrogens with zero attached hydrogens (tertiary/aromatic N) is 1. The Morgan fingerprint density at radius 1 is 1.26 bits per heavy atom. The highest BCUT2D eigenvalue weighted by molar-refractivity contribution is 5.46. The molecule has 1 aromatic heterocycles. The summed E-state index contributed by atoms with van der Waals surface area (Å²) in [5.41, 5.74) is 2.32. The van der Waals surface area contributed by atoms with Crippen LogP contribution in [-0.2, 0) is 0 Å². The van der Waals surface area contributed by atoms with Crippen molar-refractivity contribution in [2.24, 2.45) is 0 Å². The Morgan fingerprint density at radius 3 is 2.68 bits per heavy atom. The minimum atomic E-state index is -0.278. The van der Waals surface area contributed by atoms with Crippen LogP contribution in [0.5, 0.6) is 5.75 Å². The van der Waals surface area contributed by atoms with Crippen LogP contribution in [0.2, 0.25) is 0 Å². The van der Waals surface area contributed by atoms with E-state index in [1.165, 1.54) is 6.07 Å². The lowest BCUT2D eigenvalue weighted by molar-refractivity contribution is 0.402. The summed E-state index contributed by atoms with van der Waals surface area (Å²) in [6.07, 6.45) is 1.74. The Labute approximate surface area is 112 Å². The first-order valence-corrected chi connectivity index (χ1v) is 6.13. The molecular formula is C15H17FN2O. The van der Waals surface area contributed by atoms with Gasteiger partial charge in [0.2, 0.25) is 0 Å². The summed E-state index contributed by atoms with van der Waals surface area (Å²) < 4.78 is 19.1. The van der Waals surface area contributed by atoms with Crippen LogP contribution >= 0.6 is 0 Å². The second-order valence-electron chi connectivity index (χ2n) is 4.41. The zero-order valence-corrected chi connectivity index (χ0v) is 11.3. The lowest BCUT2D eigenvalue weighted by Gasteiger charge is -2.18. The second kappa shape index (κ2) is 5.69. The second-order valence-corrected chi connectivity index (χ2v) is 4.41. The van der Waals surface area contributed by atoms with Crippen molar-refractivity contribution in [3.63, 3.8) is 0 Å². The highest BCUT2D eigenvalue weighted by atomic mass is 19.1. The Balaban J connectivity index is 2.24. The van der Waals surface area contributed by atoms with Crippen LogP contribution in [0.25, 0.3) is 0 Å². The molecule has 0 aliphatic rings. The van der Waals surface area contributed by atoms with E-state index in [-0.39, 0.29) is 11.9 Å². The van der Waals surface area contributed by atoms with Crippen LogP contribution in [0, 0.1) is 12.7 Å². The number of aromatic nitrogens is 1. The van der Waals surface area contributed by atoms with E-state index in [4.69, 9.17) is 4.74 Å². The number of methoxy groups -OCH3 is 1. The van der Waals surface area contributed by atoms with Gasteiger partial charge in [-0.1, -0.05) is 6.07 Å². The number of aryl methyl sites for hydroxylation is 1. The molecule has 19 heavy (non-hydrogen) atoms. The molecule has 1 N–H and O–H groups in total. The predicted octanol–water partition coefficient (Wildman–Crippen LogP) is 3.71. The van der Waals surface area contributed by atoms with Gasteiger partial charge in [0.05, 0.1) is 30.6 Å². The summed E-state index contributed by atoms with van der Waals surface area (Å²) in [4.78, 5) is 4.20. The number of pyridine rings is 1. The number of ether oxygens (including phenoxy) is 1. The van der Waals surface area contributed by atoms with Gasteiger partial charge in [-0.3, -0.25) is 4.98 Å². The molecular weight excluding hydrogens is 243 g/mol. The smallest absolute Gasteiger partial charge is 0.132 e. The van der Waals surface area contributed by atoms with Crippen LogP contribution in [-0.4, -0.2) is 12.1 Å². The normalized spacial score (nSPS) is 12.0. The molecule has 2 rings (SSSR count). The van der Waals surface area contributed by atoms with Crippen molar-refractivity contribution >= 4 is 5.69 Å². The summed E-state index contributed by atoms with van der Waals surface area (Å²) in [6.45, 7) is 3.81. The quantitative estimate of drug-likeness (QED) is 0.910. The number of nitrogens with one attached hydrogen (secondary N) is 1. The van der Waals surface area contributed by atoms with Crippen molar-refractivity contribution in [1.82, 2.24) is 4.98 Å². The zero-order valence-electron chi connectivity index (χ0n) is 11.3. The van der Waals surface area contributed by atoms with E-state index in [9.17, 15) is 4.39 Å². The lowest BCUT2D eigenvalue weighted by atomic mass is 10.1. The molecule has 3 nitrogen and oxygen atoms in total. The van der Waals surface area contributed by atoms with Gasteiger partial charge in [-0.25, -0.2) is 4.39 Å². The van der Waals surface area contributed by atoms with Crippen LogP contribution in [0.15, 0.2) is 36.5 Å². The van der Waals surface area contributed by atoms with E-state index in [1.54, 1.807) is 25.4 Å². The zero-order chi connectivity index (χ0) is 13.8. The maximum Gasteiger partial charge on any atom is 0.132 e. The lowest BCUT2D eigenvalue weighted by Crippen LogP contribution is -2.10. The molecule has 0 fully saturated rings. The monoisotopic (exact) mass is 260 g/mol. The maximum absolute atomic E-state index is 13.9. The molecule has 1 heterocycles. The van der Waals surface area contributed by atoms with Crippen LogP contribution < -0.4 is 10.1 Å². The fourth-order valence-corrected chi connectivity index (χ4v) is 1.99. The SMILES string of the molecule is COc1cccc(F)c1C(C)Nc1ccc(C)nc1. The Bertz CT molecular complexity index is 555. The molecule has 0 saturated carbocycles. The first-order chi connectivity index (χ1) is 9.11. The molecule has 4 heteroatoms. The molecule has 0 saturated heterocycles. The fraction of sp³-hybridized carbons (Fsp3) is 0.267. The molecule has 1 atom stereocenters. The van der Waals surface area contributed by atoms with E-state index in [0.717, 1.165) is 11.4 Å². The van der Waals surface area contributed by atoms with Crippen molar-refractivity contribution < 1.29 is 9.13 Å². The number of hydrogen-bond acceptors (Lipinski definition) is 3. The third-order valence-corrected chi connectivity index (χ3v) is 2.96. The van der Waals surface area contributed by atoms with E-state index in [2.05, 4.69) is 10.3 Å². The van der Waals surface area contributed by atoms with E-state index in [0.29, 0.717) is 11.3 Å². The molecule has 1 aromatic carbocycles. The number of anilines is 1. The maximum atomic E-state index is 13.9. The molecule has 100 valence electrons. The number of hydrogen-bond donors (Lipinski definition) is 1. The number of halogens is 1. The Hall–Kier alpha value is -2.10. The van der Waals surface area contributed by atoms with Crippen molar-refractivity contribution in [3.8, 4) is 5.75 Å². The minimum Gasteiger partial charge on any atom is -0.496 e. The van der Waals surface area contributed by atoms with Crippen molar-refractivity contribution in [2.45, 2.75) is 19.9 Å². The number of rotatable bonds is 4. The summed E-state index contributed by atoms with van der Waals surface area (Å²) in [7, 11) is 1.54. The van der Waals surface area contributed by atoms with Gasteiger partial charge in [0.1, 0.15) is 11.6 Å². The summed E-state index contributed by atoms with van der Waals surface area (Å²) in [5.74, 6) is 0.263. The van der Waals surface area contributed by atoms with Gasteiger partial charge in [-0.05, 0) is 38.1 Å². The average molecular weight is 260 g/mol. The standard InChI is InChI=1S/C15H17FN2O/c1-10-7-8-12(9-17-10)18-11(2)15-13(16)5-4-6-14(15)19-3/h4-9,11,18H,1-3H3. The van der Waals surface area contributed by atoms with Gasteiger partial charge in [-0.2, -0.15) is 0 Å². The Morgan fingerprint density at radius 2 is 2.05 bits per heavy atom. The highest BCUT2D eigenvalue weighted by Crippen LogP contribution is 2.29. The molecule has 0 radical (unpaired) electrons. The van der Waals surface area contributed by atoms with Gasteiger partial charge >= 0.3 is 0 Å². The molecule has 0 aliphatic heterocycles. The average Bonchev–Trinajstić information content (AvgIpc) is 2.40. The fourth-order valence-electron chi connectivity index (χ4n) is 1.99. The van der Waals surface area contributed by atoms with Gasteiger partial charge in [0, 0.05) is 5.69 Å². The topological polar surface area (TPSA) is 34.1 Å². The predicted molar refractivity (Wildman–Crippen MR) is 74.0 cm³/mol. The van der Waals surface area contributed by atoms with Crippen LogP contribution in [0.1, 0.15) is 24.2 Å². The van der Waals surface area contributed by atoms with E-state index >= 15 is 0 Å². The molecule has 0 amide bonds. The van der Waals surface area contributed by atoms with Gasteiger partial charge in [0.15, 0.2) is 0 Å². The largest absolute Gasteiger partial charge is 0.496 e. The summed E-state index contributed by atoms with van der Waals surface area (Å²) in [5, 5.41) is 3.22. The van der Waals surface area contributed by atoms with E-state index < -0.39 is 0 Å². The van der Waals surface area contributed by atoms with Crippen molar-refractivity contribution in [3.05, 3.63) is 53.6 Å². The molecule has 0 aliphatic carbocycles. The summed E-state index contributed by atoms with van der Waals surface area (Å²) >= 11 is 0. The van der Waals surface area contributed by atoms with Crippen LogP contribution in [0.4, 0.5) is 10.1 Å². The Kier molecular flexibility index (Phi) is 4.00. The van der Waals surface area contributed by atoms with Crippen LogP contribution in [0.3, 0.4) is 0 Å². The van der Waals surface area contributed by atoms with Gasteiger partial charge in [0.25, 0.3) is 0 Å². The number of benzene rings is 1. The van der Waals surface area contributed by atoms with Gasteiger partial charge < -0.3 is 10.1 Å². The van der Waals surface area contributed by atoms with Gasteiger partial charge in [-0.15, -0.1) is 0 Å². The first-order valence-electron chi connectivity index (χ1n) is 6.13. The molecule has 2 aromatic rings.